The van der Waals surface area contributed by atoms with Gasteiger partial charge in [-0.05, 0) is 19.8 Å². The van der Waals surface area contributed by atoms with Crippen molar-refractivity contribution in [3.8, 4) is 0 Å². The molecule has 0 aliphatic heterocycles. The number of unbranched alkanes of at least 4 members (excludes halogenated alkanes) is 1. The van der Waals surface area contributed by atoms with Crippen LogP contribution in [0.15, 0.2) is 21.9 Å². The molecule has 0 N–H and O–H groups in total. The van der Waals surface area contributed by atoms with Crippen LogP contribution < -0.4 is 11.2 Å². The lowest BCUT2D eigenvalue weighted by molar-refractivity contribution is -0.117. The van der Waals surface area contributed by atoms with E-state index in [1.54, 1.807) is 7.05 Å². The van der Waals surface area contributed by atoms with Gasteiger partial charge in [0, 0.05) is 32.3 Å². The van der Waals surface area contributed by atoms with Gasteiger partial charge in [0.1, 0.15) is 5.78 Å². The summed E-state index contributed by atoms with van der Waals surface area (Å²) in [5.41, 5.74) is -0.596. The smallest absolute Gasteiger partial charge is 0.303 e. The van der Waals surface area contributed by atoms with Crippen molar-refractivity contribution in [2.24, 2.45) is 7.05 Å². The molecular formula is C11H16N2O3. The van der Waals surface area contributed by atoms with Crippen molar-refractivity contribution >= 4 is 5.78 Å². The fourth-order valence-corrected chi connectivity index (χ4v) is 1.46. The molecule has 1 aromatic heterocycles. The van der Waals surface area contributed by atoms with Crippen molar-refractivity contribution in [3.63, 3.8) is 0 Å². The Bertz CT molecular complexity index is 485. The molecule has 0 amide bonds. The van der Waals surface area contributed by atoms with Gasteiger partial charge in [-0.3, -0.25) is 9.36 Å². The Labute approximate surface area is 93.3 Å². The number of Topliss-reactive ketones (excluding diaryl/α,β-unsaturated/α-hetero) is 1. The molecule has 0 spiro atoms. The van der Waals surface area contributed by atoms with E-state index in [0.29, 0.717) is 25.8 Å². The van der Waals surface area contributed by atoms with E-state index in [4.69, 9.17) is 0 Å². The van der Waals surface area contributed by atoms with Crippen molar-refractivity contribution in [1.82, 2.24) is 9.13 Å². The van der Waals surface area contributed by atoms with Crippen molar-refractivity contribution in [2.75, 3.05) is 0 Å². The Morgan fingerprint density at radius 3 is 2.62 bits per heavy atom. The van der Waals surface area contributed by atoms with Crippen LogP contribution in [0.3, 0.4) is 0 Å². The summed E-state index contributed by atoms with van der Waals surface area (Å²) in [6, 6.07) is 1.37. The molecule has 1 rings (SSSR count). The van der Waals surface area contributed by atoms with Crippen LogP contribution in [0.5, 0.6) is 0 Å². The molecule has 1 heterocycles. The zero-order valence-electron chi connectivity index (χ0n) is 9.60. The number of aryl methyl sites for hydroxylation is 1. The molecule has 5 nitrogen and oxygen atoms in total. The number of hydrogen-bond donors (Lipinski definition) is 0. The van der Waals surface area contributed by atoms with E-state index >= 15 is 0 Å². The van der Waals surface area contributed by atoms with Crippen LogP contribution in [0.2, 0.25) is 0 Å². The largest absolute Gasteiger partial charge is 0.330 e. The molecule has 0 aliphatic carbocycles. The van der Waals surface area contributed by atoms with E-state index in [9.17, 15) is 14.4 Å². The van der Waals surface area contributed by atoms with Crippen molar-refractivity contribution in [1.29, 1.82) is 0 Å². The van der Waals surface area contributed by atoms with Crippen LogP contribution in [0, 0.1) is 0 Å². The highest BCUT2D eigenvalue weighted by molar-refractivity contribution is 5.75. The molecular weight excluding hydrogens is 208 g/mol. The standard InChI is InChI=1S/C11H16N2O3/c1-9(14)5-3-4-7-13-10(15)6-8-12(2)11(13)16/h6,8H,3-5,7H2,1-2H3. The second kappa shape index (κ2) is 5.44. The lowest BCUT2D eigenvalue weighted by atomic mass is 10.2. The molecule has 88 valence electrons. The number of hydrogen-bond acceptors (Lipinski definition) is 3. The van der Waals surface area contributed by atoms with Crippen LogP contribution >= 0.6 is 0 Å². The maximum absolute atomic E-state index is 11.6. The third-order valence-electron chi connectivity index (χ3n) is 2.40. The monoisotopic (exact) mass is 224 g/mol. The first-order valence-corrected chi connectivity index (χ1v) is 5.28. The number of carbonyl (C=O) groups excluding carboxylic acids is 1. The summed E-state index contributed by atoms with van der Waals surface area (Å²) < 4.78 is 2.56. The molecule has 0 atom stereocenters. The van der Waals surface area contributed by atoms with E-state index in [1.807, 2.05) is 0 Å². The van der Waals surface area contributed by atoms with Crippen LogP contribution in [-0.4, -0.2) is 14.9 Å². The molecule has 0 unspecified atom stereocenters. The maximum Gasteiger partial charge on any atom is 0.330 e. The van der Waals surface area contributed by atoms with E-state index in [1.165, 1.54) is 28.3 Å². The Morgan fingerprint density at radius 1 is 1.31 bits per heavy atom. The number of rotatable bonds is 5. The Morgan fingerprint density at radius 2 is 2.00 bits per heavy atom. The summed E-state index contributed by atoms with van der Waals surface area (Å²) in [5, 5.41) is 0. The third kappa shape index (κ3) is 3.18. The van der Waals surface area contributed by atoms with Gasteiger partial charge in [-0.25, -0.2) is 4.79 Å². The van der Waals surface area contributed by atoms with Gasteiger partial charge in [-0.1, -0.05) is 0 Å². The zero-order valence-corrected chi connectivity index (χ0v) is 9.60. The summed E-state index contributed by atoms with van der Waals surface area (Å²) in [6.45, 7) is 1.91. The third-order valence-corrected chi connectivity index (χ3v) is 2.40. The summed E-state index contributed by atoms with van der Waals surface area (Å²) in [6.07, 6.45) is 3.33. The summed E-state index contributed by atoms with van der Waals surface area (Å²) in [7, 11) is 1.61. The highest BCUT2D eigenvalue weighted by Gasteiger charge is 2.02. The summed E-state index contributed by atoms with van der Waals surface area (Å²) >= 11 is 0. The minimum atomic E-state index is -0.310. The number of aromatic nitrogens is 2. The fourth-order valence-electron chi connectivity index (χ4n) is 1.46. The van der Waals surface area contributed by atoms with Crippen molar-refractivity contribution < 1.29 is 4.79 Å². The molecule has 0 aliphatic rings. The first-order valence-electron chi connectivity index (χ1n) is 5.28. The molecule has 0 fully saturated rings. The normalized spacial score (nSPS) is 10.4. The van der Waals surface area contributed by atoms with Crippen molar-refractivity contribution in [2.45, 2.75) is 32.7 Å². The van der Waals surface area contributed by atoms with Crippen LogP contribution in [0.4, 0.5) is 0 Å². The van der Waals surface area contributed by atoms with Crippen LogP contribution in [-0.2, 0) is 18.4 Å². The maximum atomic E-state index is 11.6. The van der Waals surface area contributed by atoms with Gasteiger partial charge >= 0.3 is 5.69 Å². The lowest BCUT2D eigenvalue weighted by Gasteiger charge is -2.05. The highest BCUT2D eigenvalue weighted by Crippen LogP contribution is 1.96. The van der Waals surface area contributed by atoms with Crippen molar-refractivity contribution in [3.05, 3.63) is 33.1 Å². The summed E-state index contributed by atoms with van der Waals surface area (Å²) in [5.74, 6) is 0.133. The minimum Gasteiger partial charge on any atom is -0.303 e. The quantitative estimate of drug-likeness (QED) is 0.676. The SMILES string of the molecule is CC(=O)CCCCn1c(=O)ccn(C)c1=O. The van der Waals surface area contributed by atoms with E-state index in [2.05, 4.69) is 0 Å². The second-order valence-corrected chi connectivity index (χ2v) is 3.86. The number of ketones is 1. The molecule has 5 heteroatoms. The first-order chi connectivity index (χ1) is 7.52. The van der Waals surface area contributed by atoms with Gasteiger partial charge in [0.15, 0.2) is 0 Å². The first kappa shape index (κ1) is 12.4. The van der Waals surface area contributed by atoms with Crippen LogP contribution in [0.25, 0.3) is 0 Å². The Balaban J connectivity index is 2.67. The number of carbonyl (C=O) groups is 1. The molecule has 0 saturated carbocycles. The minimum absolute atomic E-state index is 0.133. The Kier molecular flexibility index (Phi) is 4.22. The average Bonchev–Trinajstić information content (AvgIpc) is 2.22. The molecule has 1 aromatic rings. The molecule has 0 bridgehead atoms. The van der Waals surface area contributed by atoms with Gasteiger partial charge in [0.05, 0.1) is 0 Å². The predicted octanol–water partition coefficient (Wildman–Crippen LogP) is 0.306. The topological polar surface area (TPSA) is 61.1 Å². The molecule has 0 radical (unpaired) electrons. The predicted molar refractivity (Wildman–Crippen MR) is 60.5 cm³/mol. The zero-order chi connectivity index (χ0) is 12.1. The highest BCUT2D eigenvalue weighted by atomic mass is 16.2. The van der Waals surface area contributed by atoms with E-state index in [-0.39, 0.29) is 17.0 Å². The number of nitrogens with zero attached hydrogens (tertiary/aromatic N) is 2. The second-order valence-electron chi connectivity index (χ2n) is 3.86. The van der Waals surface area contributed by atoms with E-state index < -0.39 is 0 Å². The fraction of sp³-hybridized carbons (Fsp3) is 0.545. The molecule has 16 heavy (non-hydrogen) atoms. The Hall–Kier alpha value is -1.65. The van der Waals surface area contributed by atoms with Gasteiger partial charge < -0.3 is 9.36 Å². The summed E-state index contributed by atoms with van der Waals surface area (Å²) in [4.78, 5) is 33.7. The van der Waals surface area contributed by atoms with Crippen LogP contribution in [0.1, 0.15) is 26.2 Å². The van der Waals surface area contributed by atoms with E-state index in [0.717, 1.165) is 0 Å². The average molecular weight is 224 g/mol. The van der Waals surface area contributed by atoms with Gasteiger partial charge in [-0.2, -0.15) is 0 Å². The van der Waals surface area contributed by atoms with Gasteiger partial charge in [0.25, 0.3) is 5.56 Å². The molecule has 0 saturated heterocycles. The van der Waals surface area contributed by atoms with Gasteiger partial charge in [-0.15, -0.1) is 0 Å². The lowest BCUT2D eigenvalue weighted by Crippen LogP contribution is -2.37. The van der Waals surface area contributed by atoms with Gasteiger partial charge in [0.2, 0.25) is 0 Å². The molecule has 0 aromatic carbocycles.